The van der Waals surface area contributed by atoms with Gasteiger partial charge in [-0.25, -0.2) is 0 Å². The Balaban J connectivity index is 1.81. The first-order valence-electron chi connectivity index (χ1n) is 5.22. The molecule has 1 atom stereocenters. The third kappa shape index (κ3) is 1.80. The Morgan fingerprint density at radius 2 is 2.17 bits per heavy atom. The Kier molecular flexibility index (Phi) is 2.37. The van der Waals surface area contributed by atoms with Crippen LogP contribution in [0.1, 0.15) is 38.5 Å². The van der Waals surface area contributed by atoms with Crippen LogP contribution in [0.2, 0.25) is 0 Å². The normalized spacial score (nSPS) is 37.8. The molecule has 1 saturated carbocycles. The molecule has 1 heterocycles. The Morgan fingerprint density at radius 1 is 1.33 bits per heavy atom. The molecule has 0 aromatic rings. The summed E-state index contributed by atoms with van der Waals surface area (Å²) in [4.78, 5) is 0. The molecule has 0 radical (unpaired) electrons. The molecule has 1 saturated heterocycles. The zero-order valence-corrected chi connectivity index (χ0v) is 7.68. The zero-order valence-electron chi connectivity index (χ0n) is 7.68. The molecule has 12 heavy (non-hydrogen) atoms. The van der Waals surface area contributed by atoms with E-state index < -0.39 is 0 Å². The second-order valence-electron chi connectivity index (χ2n) is 4.51. The molecule has 2 fully saturated rings. The second kappa shape index (κ2) is 3.35. The molecule has 2 aliphatic rings. The molecule has 0 aromatic carbocycles. The van der Waals surface area contributed by atoms with Crippen molar-refractivity contribution in [3.8, 4) is 0 Å². The maximum absolute atomic E-state index is 10.1. The highest BCUT2D eigenvalue weighted by Gasteiger charge is 2.33. The van der Waals surface area contributed by atoms with E-state index >= 15 is 0 Å². The molecule has 1 unspecified atom stereocenters. The van der Waals surface area contributed by atoms with E-state index in [1.54, 1.807) is 0 Å². The third-order valence-corrected chi connectivity index (χ3v) is 3.34. The lowest BCUT2D eigenvalue weighted by molar-refractivity contribution is -0.0161. The van der Waals surface area contributed by atoms with Gasteiger partial charge in [-0.1, -0.05) is 19.3 Å². The van der Waals surface area contributed by atoms with Gasteiger partial charge in [0.25, 0.3) is 0 Å². The fourth-order valence-electron chi connectivity index (χ4n) is 2.36. The molecular weight excluding hydrogens is 150 g/mol. The molecule has 0 amide bonds. The Hall–Kier alpha value is -0.0800. The van der Waals surface area contributed by atoms with Crippen LogP contribution in [0.15, 0.2) is 0 Å². The van der Waals surface area contributed by atoms with Crippen molar-refractivity contribution in [3.63, 3.8) is 0 Å². The highest BCUT2D eigenvalue weighted by atomic mass is 16.3. The lowest BCUT2D eigenvalue weighted by Crippen LogP contribution is -2.47. The van der Waals surface area contributed by atoms with E-state index in [0.29, 0.717) is 0 Å². The molecule has 70 valence electrons. The van der Waals surface area contributed by atoms with Crippen molar-refractivity contribution >= 4 is 0 Å². The zero-order chi connectivity index (χ0) is 8.44. The highest BCUT2D eigenvalue weighted by Crippen LogP contribution is 2.35. The predicted octanol–water partition coefficient (Wildman–Crippen LogP) is 1.29. The number of aliphatic hydroxyl groups is 1. The average Bonchev–Trinajstić information content (AvgIpc) is 1.99. The van der Waals surface area contributed by atoms with Crippen LogP contribution >= 0.6 is 0 Å². The van der Waals surface area contributed by atoms with E-state index in [-0.39, 0.29) is 5.60 Å². The van der Waals surface area contributed by atoms with Crippen molar-refractivity contribution < 1.29 is 5.11 Å². The molecule has 2 heteroatoms. The number of β-amino-alcohol motifs (C(OH)–C–C–N with tert-alkyl or cyclic N) is 1. The van der Waals surface area contributed by atoms with Gasteiger partial charge in [0.2, 0.25) is 0 Å². The minimum absolute atomic E-state index is 0.358. The molecule has 1 aliphatic heterocycles. The van der Waals surface area contributed by atoms with E-state index in [1.165, 1.54) is 19.3 Å². The van der Waals surface area contributed by atoms with Gasteiger partial charge in [0.15, 0.2) is 0 Å². The minimum atomic E-state index is -0.358. The van der Waals surface area contributed by atoms with E-state index in [0.717, 1.165) is 38.3 Å². The summed E-state index contributed by atoms with van der Waals surface area (Å²) in [7, 11) is 0. The van der Waals surface area contributed by atoms with Gasteiger partial charge in [0.1, 0.15) is 0 Å². The van der Waals surface area contributed by atoms with E-state index in [2.05, 4.69) is 5.32 Å². The van der Waals surface area contributed by atoms with Crippen molar-refractivity contribution in [1.29, 1.82) is 0 Å². The third-order valence-electron chi connectivity index (χ3n) is 3.34. The summed E-state index contributed by atoms with van der Waals surface area (Å²) in [5.41, 5.74) is -0.358. The lowest BCUT2D eigenvalue weighted by Gasteiger charge is -2.38. The average molecular weight is 169 g/mol. The fourth-order valence-corrected chi connectivity index (χ4v) is 2.36. The Bertz CT molecular complexity index is 148. The van der Waals surface area contributed by atoms with Gasteiger partial charge in [-0.3, -0.25) is 0 Å². The summed E-state index contributed by atoms with van der Waals surface area (Å²) in [6, 6.07) is 0. The lowest BCUT2D eigenvalue weighted by atomic mass is 9.75. The van der Waals surface area contributed by atoms with E-state index in [4.69, 9.17) is 0 Å². The molecule has 2 N–H and O–H groups in total. The molecule has 1 aliphatic carbocycles. The summed E-state index contributed by atoms with van der Waals surface area (Å²) in [6.07, 6.45) is 7.28. The van der Waals surface area contributed by atoms with Crippen molar-refractivity contribution in [2.75, 3.05) is 13.1 Å². The van der Waals surface area contributed by atoms with Crippen LogP contribution in [0, 0.1) is 5.92 Å². The quantitative estimate of drug-likeness (QED) is 0.653. The molecule has 0 spiro atoms. The SMILES string of the molecule is OC1(CC2CCC2)CCCNC1. The van der Waals surface area contributed by atoms with Crippen molar-refractivity contribution in [2.24, 2.45) is 5.92 Å². The summed E-state index contributed by atoms with van der Waals surface area (Å²) in [6.45, 7) is 1.91. The summed E-state index contributed by atoms with van der Waals surface area (Å²) in [5, 5.41) is 13.4. The largest absolute Gasteiger partial charge is 0.389 e. The molecular formula is C10H19NO. The minimum Gasteiger partial charge on any atom is -0.389 e. The first-order valence-corrected chi connectivity index (χ1v) is 5.22. The smallest absolute Gasteiger partial charge is 0.0774 e. The van der Waals surface area contributed by atoms with Crippen molar-refractivity contribution in [2.45, 2.75) is 44.1 Å². The summed E-state index contributed by atoms with van der Waals surface area (Å²) < 4.78 is 0. The molecule has 2 nitrogen and oxygen atoms in total. The van der Waals surface area contributed by atoms with E-state index in [9.17, 15) is 5.11 Å². The molecule has 0 aromatic heterocycles. The first kappa shape index (κ1) is 8.52. The first-order chi connectivity index (χ1) is 5.79. The van der Waals surface area contributed by atoms with Gasteiger partial charge in [0, 0.05) is 6.54 Å². The molecule has 0 bridgehead atoms. The highest BCUT2D eigenvalue weighted by molar-refractivity contribution is 4.89. The van der Waals surface area contributed by atoms with Gasteiger partial charge in [-0.15, -0.1) is 0 Å². The van der Waals surface area contributed by atoms with E-state index in [1.807, 2.05) is 0 Å². The number of piperidine rings is 1. The maximum Gasteiger partial charge on any atom is 0.0774 e. The Morgan fingerprint density at radius 3 is 2.67 bits per heavy atom. The Labute approximate surface area is 74.4 Å². The number of nitrogens with one attached hydrogen (secondary N) is 1. The monoisotopic (exact) mass is 169 g/mol. The van der Waals surface area contributed by atoms with Gasteiger partial charge in [-0.2, -0.15) is 0 Å². The van der Waals surface area contributed by atoms with Crippen LogP contribution < -0.4 is 5.32 Å². The van der Waals surface area contributed by atoms with Gasteiger partial charge in [-0.05, 0) is 31.7 Å². The van der Waals surface area contributed by atoms with Gasteiger partial charge >= 0.3 is 0 Å². The maximum atomic E-state index is 10.1. The van der Waals surface area contributed by atoms with Crippen LogP contribution in [0.4, 0.5) is 0 Å². The van der Waals surface area contributed by atoms with Crippen molar-refractivity contribution in [1.82, 2.24) is 5.32 Å². The van der Waals surface area contributed by atoms with Crippen molar-refractivity contribution in [3.05, 3.63) is 0 Å². The summed E-state index contributed by atoms with van der Waals surface area (Å²) >= 11 is 0. The second-order valence-corrected chi connectivity index (χ2v) is 4.51. The van der Waals surface area contributed by atoms with Crippen LogP contribution in [0.3, 0.4) is 0 Å². The molecule has 2 rings (SSSR count). The van der Waals surface area contributed by atoms with Gasteiger partial charge < -0.3 is 10.4 Å². The number of hydrogen-bond donors (Lipinski definition) is 2. The number of hydrogen-bond acceptors (Lipinski definition) is 2. The van der Waals surface area contributed by atoms with Gasteiger partial charge in [0.05, 0.1) is 5.60 Å². The predicted molar refractivity (Wildman–Crippen MR) is 49.0 cm³/mol. The topological polar surface area (TPSA) is 32.3 Å². The summed E-state index contributed by atoms with van der Waals surface area (Å²) in [5.74, 6) is 0.829. The van der Waals surface area contributed by atoms with Crippen LogP contribution in [-0.4, -0.2) is 23.8 Å². The fraction of sp³-hybridized carbons (Fsp3) is 1.00. The van der Waals surface area contributed by atoms with Crippen LogP contribution in [0.5, 0.6) is 0 Å². The van der Waals surface area contributed by atoms with Crippen LogP contribution in [0.25, 0.3) is 0 Å². The number of rotatable bonds is 2. The van der Waals surface area contributed by atoms with Crippen LogP contribution in [-0.2, 0) is 0 Å². The standard InChI is InChI=1S/C10H19NO/c12-10(5-2-6-11-8-10)7-9-3-1-4-9/h9,11-12H,1-8H2.